The van der Waals surface area contributed by atoms with Crippen LogP contribution in [0.4, 0.5) is 0 Å². The number of nitrogens with one attached hydrogen (secondary N) is 1. The minimum Gasteiger partial charge on any atom is -0.493 e. The molecule has 1 atom stereocenters. The summed E-state index contributed by atoms with van der Waals surface area (Å²) < 4.78 is 12.4. The molecule has 0 fully saturated rings. The standard InChI is InChI=1S/C20H26BrNO3/c1-4-17(12-23)22-11-16-9-18(21)20(19(10-16)24-3)25-13-15-7-5-6-14(2)8-15/h5-10,17,22-23H,4,11-13H2,1-3H3. The average molecular weight is 408 g/mol. The Balaban J connectivity index is 2.10. The second kappa shape index (κ2) is 9.80. The van der Waals surface area contributed by atoms with E-state index in [9.17, 15) is 5.11 Å². The fraction of sp³-hybridized carbons (Fsp3) is 0.400. The van der Waals surface area contributed by atoms with Crippen LogP contribution in [0.1, 0.15) is 30.0 Å². The topological polar surface area (TPSA) is 50.7 Å². The van der Waals surface area contributed by atoms with Gasteiger partial charge in [-0.1, -0.05) is 36.8 Å². The van der Waals surface area contributed by atoms with Crippen molar-refractivity contribution in [3.05, 3.63) is 57.6 Å². The molecule has 0 bridgehead atoms. The van der Waals surface area contributed by atoms with Gasteiger partial charge in [0.15, 0.2) is 11.5 Å². The van der Waals surface area contributed by atoms with E-state index in [1.807, 2.05) is 31.2 Å². The molecular weight excluding hydrogens is 382 g/mol. The smallest absolute Gasteiger partial charge is 0.175 e. The van der Waals surface area contributed by atoms with Crippen molar-refractivity contribution in [2.45, 2.75) is 39.5 Å². The summed E-state index contributed by atoms with van der Waals surface area (Å²) in [5.41, 5.74) is 3.40. The first-order valence-corrected chi connectivity index (χ1v) is 9.25. The Kier molecular flexibility index (Phi) is 7.75. The maximum Gasteiger partial charge on any atom is 0.175 e. The normalized spacial score (nSPS) is 12.0. The summed E-state index contributed by atoms with van der Waals surface area (Å²) in [6.07, 6.45) is 0.881. The molecule has 0 radical (unpaired) electrons. The molecule has 0 saturated carbocycles. The largest absolute Gasteiger partial charge is 0.493 e. The van der Waals surface area contributed by atoms with E-state index < -0.39 is 0 Å². The van der Waals surface area contributed by atoms with E-state index in [0.29, 0.717) is 24.7 Å². The maximum atomic E-state index is 9.28. The van der Waals surface area contributed by atoms with Crippen molar-refractivity contribution in [2.75, 3.05) is 13.7 Å². The predicted molar refractivity (Wildman–Crippen MR) is 104 cm³/mol. The van der Waals surface area contributed by atoms with Crippen LogP contribution in [0.5, 0.6) is 11.5 Å². The molecule has 2 N–H and O–H groups in total. The second-order valence-corrected chi connectivity index (χ2v) is 6.91. The van der Waals surface area contributed by atoms with Crippen LogP contribution in [0, 0.1) is 6.92 Å². The van der Waals surface area contributed by atoms with E-state index in [4.69, 9.17) is 9.47 Å². The van der Waals surface area contributed by atoms with Gasteiger partial charge in [-0.25, -0.2) is 0 Å². The molecule has 0 aromatic heterocycles. The lowest BCUT2D eigenvalue weighted by Crippen LogP contribution is -2.31. The number of aliphatic hydroxyl groups is 1. The van der Waals surface area contributed by atoms with Gasteiger partial charge in [0.1, 0.15) is 6.61 Å². The molecule has 25 heavy (non-hydrogen) atoms. The van der Waals surface area contributed by atoms with Crippen LogP contribution < -0.4 is 14.8 Å². The van der Waals surface area contributed by atoms with Crippen molar-refractivity contribution in [1.29, 1.82) is 0 Å². The fourth-order valence-corrected chi connectivity index (χ4v) is 3.18. The third-order valence-electron chi connectivity index (χ3n) is 4.06. The summed E-state index contributed by atoms with van der Waals surface area (Å²) in [5, 5.41) is 12.6. The van der Waals surface area contributed by atoms with Crippen LogP contribution in [-0.4, -0.2) is 24.9 Å². The number of hydrogen-bond donors (Lipinski definition) is 2. The number of hydrogen-bond acceptors (Lipinski definition) is 4. The highest BCUT2D eigenvalue weighted by Crippen LogP contribution is 2.37. The molecule has 0 spiro atoms. The molecule has 2 rings (SSSR count). The second-order valence-electron chi connectivity index (χ2n) is 6.06. The summed E-state index contributed by atoms with van der Waals surface area (Å²) >= 11 is 3.59. The van der Waals surface area contributed by atoms with Crippen LogP contribution in [0.15, 0.2) is 40.9 Å². The minimum absolute atomic E-state index is 0.0991. The lowest BCUT2D eigenvalue weighted by molar-refractivity contribution is 0.238. The lowest BCUT2D eigenvalue weighted by atomic mass is 10.1. The van der Waals surface area contributed by atoms with Gasteiger partial charge in [-0.15, -0.1) is 0 Å². The number of halogens is 1. The third-order valence-corrected chi connectivity index (χ3v) is 4.65. The molecule has 0 saturated heterocycles. The summed E-state index contributed by atoms with van der Waals surface area (Å²) in [6, 6.07) is 12.3. The highest BCUT2D eigenvalue weighted by atomic mass is 79.9. The Bertz CT molecular complexity index is 687. The highest BCUT2D eigenvalue weighted by Gasteiger charge is 2.13. The number of ether oxygens (including phenoxy) is 2. The van der Waals surface area contributed by atoms with Crippen LogP contribution in [-0.2, 0) is 13.2 Å². The van der Waals surface area contributed by atoms with E-state index in [0.717, 1.165) is 22.0 Å². The Labute approximate surface area is 158 Å². The molecule has 0 aliphatic rings. The van der Waals surface area contributed by atoms with Crippen molar-refractivity contribution < 1.29 is 14.6 Å². The van der Waals surface area contributed by atoms with Crippen molar-refractivity contribution in [2.24, 2.45) is 0 Å². The maximum absolute atomic E-state index is 9.28. The van der Waals surface area contributed by atoms with E-state index in [-0.39, 0.29) is 12.6 Å². The molecule has 0 aliphatic carbocycles. The highest BCUT2D eigenvalue weighted by molar-refractivity contribution is 9.10. The zero-order chi connectivity index (χ0) is 18.2. The summed E-state index contributed by atoms with van der Waals surface area (Å²) in [6.45, 7) is 5.39. The SMILES string of the molecule is CCC(CO)NCc1cc(Br)c(OCc2cccc(C)c2)c(OC)c1. The summed E-state index contributed by atoms with van der Waals surface area (Å²) in [5.74, 6) is 1.39. The van der Waals surface area contributed by atoms with Gasteiger partial charge in [-0.3, -0.25) is 0 Å². The number of aliphatic hydroxyl groups excluding tert-OH is 1. The molecule has 2 aromatic carbocycles. The van der Waals surface area contributed by atoms with Crippen molar-refractivity contribution in [3.63, 3.8) is 0 Å². The zero-order valence-corrected chi connectivity index (χ0v) is 16.6. The first kappa shape index (κ1) is 19.8. The Hall–Kier alpha value is -1.56. The molecule has 0 heterocycles. The van der Waals surface area contributed by atoms with E-state index in [2.05, 4.69) is 40.3 Å². The summed E-state index contributed by atoms with van der Waals surface area (Å²) in [7, 11) is 1.64. The molecule has 0 amide bonds. The van der Waals surface area contributed by atoms with Crippen LogP contribution >= 0.6 is 15.9 Å². The molecule has 5 heteroatoms. The van der Waals surface area contributed by atoms with Gasteiger partial charge in [0.2, 0.25) is 0 Å². The zero-order valence-electron chi connectivity index (χ0n) is 15.0. The van der Waals surface area contributed by atoms with Gasteiger partial charge in [-0.05, 0) is 52.5 Å². The van der Waals surface area contributed by atoms with Crippen LogP contribution in [0.2, 0.25) is 0 Å². The van der Waals surface area contributed by atoms with E-state index >= 15 is 0 Å². The van der Waals surface area contributed by atoms with Crippen LogP contribution in [0.25, 0.3) is 0 Å². The number of rotatable bonds is 9. The molecule has 1 unspecified atom stereocenters. The first-order chi connectivity index (χ1) is 12.1. The lowest BCUT2D eigenvalue weighted by Gasteiger charge is -2.17. The van der Waals surface area contributed by atoms with Crippen molar-refractivity contribution in [1.82, 2.24) is 5.32 Å². The van der Waals surface area contributed by atoms with Gasteiger partial charge >= 0.3 is 0 Å². The Morgan fingerprint density at radius 1 is 1.20 bits per heavy atom. The van der Waals surface area contributed by atoms with Crippen LogP contribution in [0.3, 0.4) is 0 Å². The predicted octanol–water partition coefficient (Wildman–Crippen LogP) is 4.21. The Morgan fingerprint density at radius 3 is 2.64 bits per heavy atom. The minimum atomic E-state index is 0.0991. The van der Waals surface area contributed by atoms with E-state index in [1.165, 1.54) is 5.56 Å². The number of methoxy groups -OCH3 is 1. The van der Waals surface area contributed by atoms with Gasteiger partial charge < -0.3 is 19.9 Å². The van der Waals surface area contributed by atoms with Crippen molar-refractivity contribution >= 4 is 15.9 Å². The molecular formula is C20H26BrNO3. The monoisotopic (exact) mass is 407 g/mol. The first-order valence-electron chi connectivity index (χ1n) is 8.46. The third kappa shape index (κ3) is 5.73. The fourth-order valence-electron chi connectivity index (χ4n) is 2.57. The molecule has 136 valence electrons. The van der Waals surface area contributed by atoms with Gasteiger partial charge in [-0.2, -0.15) is 0 Å². The molecule has 2 aromatic rings. The molecule has 0 aliphatic heterocycles. The average Bonchev–Trinajstić information content (AvgIpc) is 2.61. The Morgan fingerprint density at radius 2 is 2.00 bits per heavy atom. The van der Waals surface area contributed by atoms with Gasteiger partial charge in [0, 0.05) is 12.6 Å². The number of aryl methyl sites for hydroxylation is 1. The molecule has 4 nitrogen and oxygen atoms in total. The van der Waals surface area contributed by atoms with Gasteiger partial charge in [0.05, 0.1) is 18.2 Å². The number of benzene rings is 2. The van der Waals surface area contributed by atoms with Gasteiger partial charge in [0.25, 0.3) is 0 Å². The van der Waals surface area contributed by atoms with E-state index in [1.54, 1.807) is 7.11 Å². The van der Waals surface area contributed by atoms with Crippen molar-refractivity contribution in [3.8, 4) is 11.5 Å². The quantitative estimate of drug-likeness (QED) is 0.653. The summed E-state index contributed by atoms with van der Waals surface area (Å²) in [4.78, 5) is 0.